The largest absolute Gasteiger partial charge is 0.388 e. The van der Waals surface area contributed by atoms with Gasteiger partial charge in [0.2, 0.25) is 0 Å². The fraction of sp³-hybridized carbons (Fsp3) is 0.500. The monoisotopic (exact) mass is 123 g/mol. The van der Waals surface area contributed by atoms with Crippen LogP contribution < -0.4 is 5.32 Å². The van der Waals surface area contributed by atoms with Crippen LogP contribution in [0.5, 0.6) is 0 Å². The van der Waals surface area contributed by atoms with Gasteiger partial charge in [-0.3, -0.25) is 0 Å². The number of hydrogen-bond donors (Lipinski definition) is 1. The van der Waals surface area contributed by atoms with Crippen LogP contribution in [0.2, 0.25) is 0 Å². The molecule has 0 bridgehead atoms. The molecule has 1 N–H and O–H groups in total. The first-order valence-electron chi connectivity index (χ1n) is 3.39. The second-order valence-corrected chi connectivity index (χ2v) is 2.49. The van der Waals surface area contributed by atoms with E-state index in [0.717, 1.165) is 0 Å². The van der Waals surface area contributed by atoms with Crippen LogP contribution >= 0.6 is 0 Å². The van der Waals surface area contributed by atoms with Crippen LogP contribution in [-0.2, 0) is 0 Å². The van der Waals surface area contributed by atoms with Crippen LogP contribution in [0.15, 0.2) is 23.9 Å². The van der Waals surface area contributed by atoms with E-state index in [1.807, 2.05) is 7.05 Å². The summed E-state index contributed by atoms with van der Waals surface area (Å²) in [6.07, 6.45) is 7.77. The SMILES string of the molecule is CNC1=CC(C)CC=C1. The normalized spacial score (nSPS) is 25.6. The van der Waals surface area contributed by atoms with E-state index in [9.17, 15) is 0 Å². The summed E-state index contributed by atoms with van der Waals surface area (Å²) in [4.78, 5) is 0. The van der Waals surface area contributed by atoms with Gasteiger partial charge in [0.05, 0.1) is 0 Å². The van der Waals surface area contributed by atoms with E-state index >= 15 is 0 Å². The lowest BCUT2D eigenvalue weighted by Gasteiger charge is -2.10. The number of nitrogens with one attached hydrogen (secondary N) is 1. The van der Waals surface area contributed by atoms with Gasteiger partial charge in [-0.15, -0.1) is 0 Å². The third-order valence-electron chi connectivity index (χ3n) is 1.56. The summed E-state index contributed by atoms with van der Waals surface area (Å²) in [6, 6.07) is 0. The molecule has 1 heteroatoms. The number of likely N-dealkylation sites (N-methyl/N-ethyl adjacent to an activating group) is 1. The smallest absolute Gasteiger partial charge is 0.0296 e. The molecule has 9 heavy (non-hydrogen) atoms. The third-order valence-corrected chi connectivity index (χ3v) is 1.56. The Bertz CT molecular complexity index is 145. The molecule has 0 aliphatic heterocycles. The summed E-state index contributed by atoms with van der Waals surface area (Å²) in [5.74, 6) is 0.706. The van der Waals surface area contributed by atoms with E-state index in [0.29, 0.717) is 5.92 Å². The van der Waals surface area contributed by atoms with E-state index in [2.05, 4.69) is 30.5 Å². The predicted octanol–water partition coefficient (Wildman–Crippen LogP) is 1.69. The van der Waals surface area contributed by atoms with Crippen molar-refractivity contribution < 1.29 is 0 Å². The Morgan fingerprint density at radius 3 is 2.89 bits per heavy atom. The average Bonchev–Trinajstić information content (AvgIpc) is 1.88. The first-order chi connectivity index (χ1) is 4.33. The molecule has 1 rings (SSSR count). The Kier molecular flexibility index (Phi) is 1.93. The van der Waals surface area contributed by atoms with Gasteiger partial charge in [-0.2, -0.15) is 0 Å². The van der Waals surface area contributed by atoms with Gasteiger partial charge in [0.25, 0.3) is 0 Å². The van der Waals surface area contributed by atoms with E-state index in [1.165, 1.54) is 12.1 Å². The highest BCUT2D eigenvalue weighted by Gasteiger charge is 2.00. The van der Waals surface area contributed by atoms with Crippen molar-refractivity contribution >= 4 is 0 Å². The van der Waals surface area contributed by atoms with Crippen molar-refractivity contribution in [3.05, 3.63) is 23.9 Å². The van der Waals surface area contributed by atoms with E-state index in [-0.39, 0.29) is 0 Å². The van der Waals surface area contributed by atoms with Crippen LogP contribution in [0.4, 0.5) is 0 Å². The van der Waals surface area contributed by atoms with E-state index < -0.39 is 0 Å². The molecule has 50 valence electrons. The minimum absolute atomic E-state index is 0.706. The van der Waals surface area contributed by atoms with Crippen molar-refractivity contribution in [2.45, 2.75) is 13.3 Å². The molecule has 1 aliphatic carbocycles. The molecule has 0 fully saturated rings. The maximum absolute atomic E-state index is 3.11. The van der Waals surface area contributed by atoms with Gasteiger partial charge >= 0.3 is 0 Å². The minimum Gasteiger partial charge on any atom is -0.388 e. The Morgan fingerprint density at radius 1 is 1.67 bits per heavy atom. The van der Waals surface area contributed by atoms with Gasteiger partial charge in [0, 0.05) is 12.7 Å². The molecule has 0 saturated heterocycles. The van der Waals surface area contributed by atoms with Gasteiger partial charge in [0.1, 0.15) is 0 Å². The van der Waals surface area contributed by atoms with Gasteiger partial charge in [-0.1, -0.05) is 19.1 Å². The molecule has 0 aromatic rings. The number of rotatable bonds is 1. The van der Waals surface area contributed by atoms with Crippen LogP contribution in [0.25, 0.3) is 0 Å². The Morgan fingerprint density at radius 2 is 2.44 bits per heavy atom. The quantitative estimate of drug-likeness (QED) is 0.559. The Balaban J connectivity index is 2.59. The van der Waals surface area contributed by atoms with Crippen LogP contribution in [0.1, 0.15) is 13.3 Å². The fourth-order valence-electron chi connectivity index (χ4n) is 1.01. The highest BCUT2D eigenvalue weighted by Crippen LogP contribution is 2.12. The second-order valence-electron chi connectivity index (χ2n) is 2.49. The molecule has 1 unspecified atom stereocenters. The predicted molar refractivity (Wildman–Crippen MR) is 40.1 cm³/mol. The molecule has 1 aliphatic rings. The topological polar surface area (TPSA) is 12.0 Å². The molecule has 0 amide bonds. The minimum atomic E-state index is 0.706. The lowest BCUT2D eigenvalue weighted by atomic mass is 10.0. The first kappa shape index (κ1) is 6.40. The van der Waals surface area contributed by atoms with Crippen molar-refractivity contribution in [2.24, 2.45) is 5.92 Å². The number of hydrogen-bond acceptors (Lipinski definition) is 1. The summed E-state index contributed by atoms with van der Waals surface area (Å²) in [7, 11) is 1.95. The van der Waals surface area contributed by atoms with Crippen LogP contribution in [0.3, 0.4) is 0 Å². The summed E-state index contributed by atoms with van der Waals surface area (Å²) >= 11 is 0. The lowest BCUT2D eigenvalue weighted by molar-refractivity contribution is 0.718. The highest BCUT2D eigenvalue weighted by atomic mass is 14.8. The molecular weight excluding hydrogens is 110 g/mol. The van der Waals surface area contributed by atoms with Crippen molar-refractivity contribution in [3.8, 4) is 0 Å². The van der Waals surface area contributed by atoms with Gasteiger partial charge in [-0.05, 0) is 18.4 Å². The van der Waals surface area contributed by atoms with E-state index in [1.54, 1.807) is 0 Å². The summed E-state index contributed by atoms with van der Waals surface area (Å²) in [5.41, 5.74) is 1.24. The fourth-order valence-corrected chi connectivity index (χ4v) is 1.01. The first-order valence-corrected chi connectivity index (χ1v) is 3.39. The zero-order valence-electron chi connectivity index (χ0n) is 6.02. The maximum Gasteiger partial charge on any atom is 0.0296 e. The molecule has 0 aromatic carbocycles. The van der Waals surface area contributed by atoms with E-state index in [4.69, 9.17) is 0 Å². The van der Waals surface area contributed by atoms with Crippen molar-refractivity contribution in [2.75, 3.05) is 7.05 Å². The third kappa shape index (κ3) is 1.60. The van der Waals surface area contributed by atoms with Crippen molar-refractivity contribution in [3.63, 3.8) is 0 Å². The molecule has 1 nitrogen and oxygen atoms in total. The molecule has 0 radical (unpaired) electrons. The van der Waals surface area contributed by atoms with Gasteiger partial charge < -0.3 is 5.32 Å². The molecule has 0 saturated carbocycles. The molecule has 0 aromatic heterocycles. The van der Waals surface area contributed by atoms with Gasteiger partial charge in [0.15, 0.2) is 0 Å². The number of allylic oxidation sites excluding steroid dienone is 3. The summed E-state index contributed by atoms with van der Waals surface area (Å²) in [5, 5.41) is 3.11. The molecule has 0 heterocycles. The second kappa shape index (κ2) is 2.72. The average molecular weight is 123 g/mol. The summed E-state index contributed by atoms with van der Waals surface area (Å²) in [6.45, 7) is 2.22. The lowest BCUT2D eigenvalue weighted by Crippen LogP contribution is -2.07. The molecule has 0 spiro atoms. The van der Waals surface area contributed by atoms with Crippen LogP contribution in [-0.4, -0.2) is 7.05 Å². The standard InChI is InChI=1S/C8H13N/c1-7-4-3-5-8(6-7)9-2/h3,5-7,9H,4H2,1-2H3. The molecular formula is C8H13N. The highest BCUT2D eigenvalue weighted by molar-refractivity contribution is 5.21. The Labute approximate surface area is 56.5 Å². The van der Waals surface area contributed by atoms with Crippen molar-refractivity contribution in [1.29, 1.82) is 0 Å². The summed E-state index contributed by atoms with van der Waals surface area (Å²) < 4.78 is 0. The zero-order chi connectivity index (χ0) is 6.69. The van der Waals surface area contributed by atoms with Gasteiger partial charge in [-0.25, -0.2) is 0 Å². The van der Waals surface area contributed by atoms with Crippen LogP contribution in [0, 0.1) is 5.92 Å². The molecule has 1 atom stereocenters. The maximum atomic E-state index is 3.11. The Hall–Kier alpha value is -0.720. The van der Waals surface area contributed by atoms with Crippen molar-refractivity contribution in [1.82, 2.24) is 5.32 Å². The zero-order valence-corrected chi connectivity index (χ0v) is 6.02.